The molecule has 0 radical (unpaired) electrons. The minimum absolute atomic E-state index is 0.0154. The monoisotopic (exact) mass is 894 g/mol. The highest BCUT2D eigenvalue weighted by molar-refractivity contribution is 8.77. The molecule has 4 bridgehead atoms. The van der Waals surface area contributed by atoms with Crippen LogP contribution in [0.4, 0.5) is 10.5 Å². The van der Waals surface area contributed by atoms with Gasteiger partial charge in [-0.05, 0) is 82.9 Å². The largest absolute Gasteiger partial charge is 0.495 e. The van der Waals surface area contributed by atoms with E-state index in [1.54, 1.807) is 60.8 Å². The number of amides is 4. The second-order valence-corrected chi connectivity index (χ2v) is 20.7. The number of anilines is 1. The fourth-order valence-corrected chi connectivity index (χ4v) is 10.9. The molecular formula is C43H63ClN4O10S2. The summed E-state index contributed by atoms with van der Waals surface area (Å²) in [6, 6.07) is 2.66. The molecule has 4 amide bonds. The van der Waals surface area contributed by atoms with Crippen molar-refractivity contribution in [3.05, 3.63) is 46.5 Å². The molecule has 0 spiro atoms. The van der Waals surface area contributed by atoms with E-state index in [2.05, 4.69) is 5.32 Å². The van der Waals surface area contributed by atoms with Crippen LogP contribution >= 0.6 is 33.2 Å². The Labute approximate surface area is 367 Å². The van der Waals surface area contributed by atoms with Crippen molar-refractivity contribution in [1.82, 2.24) is 10.2 Å². The smallest absolute Gasteiger partial charge is 0.409 e. The Morgan fingerprint density at radius 3 is 2.55 bits per heavy atom. The van der Waals surface area contributed by atoms with E-state index in [-0.39, 0.29) is 58.6 Å². The minimum atomic E-state index is -1.79. The number of primary amides is 1. The van der Waals surface area contributed by atoms with Crippen LogP contribution in [-0.2, 0) is 39.8 Å². The van der Waals surface area contributed by atoms with Gasteiger partial charge in [-0.3, -0.25) is 19.7 Å². The number of esters is 1. The Morgan fingerprint density at radius 2 is 1.90 bits per heavy atom. The van der Waals surface area contributed by atoms with E-state index in [0.717, 1.165) is 16.9 Å². The highest BCUT2D eigenvalue weighted by Gasteiger charge is 2.62. The number of nitrogens with one attached hydrogen (secondary N) is 1. The Balaban J connectivity index is 1.62. The number of nitrogens with two attached hydrogens (primary N) is 1. The van der Waals surface area contributed by atoms with Gasteiger partial charge in [0.15, 0.2) is 5.72 Å². The summed E-state index contributed by atoms with van der Waals surface area (Å²) in [5.74, 6) is -0.958. The zero-order valence-electron chi connectivity index (χ0n) is 36.5. The summed E-state index contributed by atoms with van der Waals surface area (Å²) in [5, 5.41) is 14.6. The van der Waals surface area contributed by atoms with Gasteiger partial charge in [-0.1, -0.05) is 70.8 Å². The average molecular weight is 896 g/mol. The van der Waals surface area contributed by atoms with E-state index in [0.29, 0.717) is 43.5 Å². The quantitative estimate of drug-likeness (QED) is 0.104. The summed E-state index contributed by atoms with van der Waals surface area (Å²) in [6.45, 7) is 11.5. The zero-order valence-corrected chi connectivity index (χ0v) is 38.9. The molecular weight excluding hydrogens is 832 g/mol. The summed E-state index contributed by atoms with van der Waals surface area (Å²) in [4.78, 5) is 68.6. The van der Waals surface area contributed by atoms with Crippen molar-refractivity contribution in [2.75, 3.05) is 39.0 Å². The number of halogens is 1. The van der Waals surface area contributed by atoms with E-state index in [1.807, 2.05) is 46.8 Å². The molecule has 4 rings (SSSR count). The van der Waals surface area contributed by atoms with Crippen LogP contribution < -0.4 is 20.7 Å². The molecule has 1 saturated heterocycles. The summed E-state index contributed by atoms with van der Waals surface area (Å²) < 4.78 is 23.1. The molecule has 1 aromatic carbocycles. The van der Waals surface area contributed by atoms with Gasteiger partial charge in [-0.2, -0.15) is 0 Å². The maximum atomic E-state index is 14.3. The number of allylic oxidation sites excluding steroid dienone is 3. The molecule has 1 aromatic rings. The number of likely N-dealkylation sites (N-methyl/N-ethyl adjacent to an activating group) is 1. The SMILES string of the molecule is COc1cc2cc(c1Cl)N(C)C(=O)C[C@H](OC(=O)[C@H](C)N(C)C(=O)CCC(C)(C)SSCCCC(N)=O)C1(C)C[C@H]1[C@H](C)[C@@H]1C[C@@](O)(NC(=O)O1)[C@H](OC)/C=C/C=C(\C)C2. The Hall–Kier alpha value is -3.44. The molecule has 14 nitrogen and oxygen atoms in total. The van der Waals surface area contributed by atoms with Gasteiger partial charge in [0.25, 0.3) is 0 Å². The molecule has 2 heterocycles. The van der Waals surface area contributed by atoms with Gasteiger partial charge >= 0.3 is 12.1 Å². The van der Waals surface area contributed by atoms with Crippen molar-refractivity contribution in [2.24, 2.45) is 23.0 Å². The van der Waals surface area contributed by atoms with Crippen LogP contribution in [0.3, 0.4) is 0 Å². The molecule has 2 aliphatic heterocycles. The van der Waals surface area contributed by atoms with E-state index < -0.39 is 47.6 Å². The molecule has 3 aliphatic rings. The van der Waals surface area contributed by atoms with Crippen molar-refractivity contribution in [2.45, 2.75) is 128 Å². The van der Waals surface area contributed by atoms with E-state index >= 15 is 0 Å². The van der Waals surface area contributed by atoms with Gasteiger partial charge in [0.05, 0.1) is 19.2 Å². The van der Waals surface area contributed by atoms with Crippen LogP contribution in [-0.4, -0.2) is 109 Å². The van der Waals surface area contributed by atoms with Gasteiger partial charge in [-0.25, -0.2) is 9.59 Å². The number of nitrogens with zero attached hydrogens (tertiary/aromatic N) is 2. The van der Waals surface area contributed by atoms with Crippen LogP contribution in [0, 0.1) is 17.3 Å². The average Bonchev–Trinajstić information content (AvgIpc) is 3.88. The number of benzene rings is 1. The fraction of sp³-hybridized carbons (Fsp3) is 0.651. The molecule has 2 fully saturated rings. The third-order valence-electron chi connectivity index (χ3n) is 12.1. The number of alkyl carbamates (subject to hydrolysis) is 1. The van der Waals surface area contributed by atoms with Crippen LogP contribution in [0.5, 0.6) is 5.75 Å². The first-order valence-electron chi connectivity index (χ1n) is 20.3. The number of carbonyl (C=O) groups excluding carboxylic acids is 5. The normalized spacial score (nSPS) is 29.2. The lowest BCUT2D eigenvalue weighted by Crippen LogP contribution is -2.63. The number of hydrogen-bond acceptors (Lipinski definition) is 12. The molecule has 334 valence electrons. The number of hydrogen-bond donors (Lipinski definition) is 3. The third-order valence-corrected chi connectivity index (χ3v) is 15.9. The van der Waals surface area contributed by atoms with E-state index in [1.165, 1.54) is 24.0 Å². The van der Waals surface area contributed by atoms with Crippen LogP contribution in [0.25, 0.3) is 0 Å². The first-order chi connectivity index (χ1) is 28.0. The highest BCUT2D eigenvalue weighted by Crippen LogP contribution is 2.61. The number of carbonyl (C=O) groups is 5. The number of aliphatic hydroxyl groups is 1. The van der Waals surface area contributed by atoms with Crippen LogP contribution in [0.15, 0.2) is 35.9 Å². The minimum Gasteiger partial charge on any atom is -0.495 e. The molecule has 1 saturated carbocycles. The maximum absolute atomic E-state index is 14.3. The van der Waals surface area contributed by atoms with Crippen molar-refractivity contribution in [3.63, 3.8) is 0 Å². The Kier molecular flexibility index (Phi) is 16.9. The lowest BCUT2D eigenvalue weighted by molar-refractivity contribution is -0.163. The number of methoxy groups -OCH3 is 2. The molecule has 8 atom stereocenters. The van der Waals surface area contributed by atoms with E-state index in [4.69, 9.17) is 36.3 Å². The number of fused-ring (bicyclic) bond motifs is 5. The molecule has 1 aliphatic carbocycles. The summed E-state index contributed by atoms with van der Waals surface area (Å²) in [7, 11) is 9.41. The maximum Gasteiger partial charge on any atom is 0.409 e. The summed E-state index contributed by atoms with van der Waals surface area (Å²) >= 11 is 6.82. The first-order valence-corrected chi connectivity index (χ1v) is 23.0. The highest BCUT2D eigenvalue weighted by atomic mass is 35.5. The summed E-state index contributed by atoms with van der Waals surface area (Å²) in [5.41, 5.74) is 4.89. The van der Waals surface area contributed by atoms with Gasteiger partial charge in [0, 0.05) is 56.4 Å². The van der Waals surface area contributed by atoms with Crippen LogP contribution in [0.2, 0.25) is 5.02 Å². The first kappa shape index (κ1) is 49.2. The van der Waals surface area contributed by atoms with Crippen molar-refractivity contribution in [1.29, 1.82) is 0 Å². The molecule has 0 aromatic heterocycles. The second-order valence-electron chi connectivity index (χ2n) is 17.2. The van der Waals surface area contributed by atoms with Gasteiger partial charge < -0.3 is 39.6 Å². The predicted octanol–water partition coefficient (Wildman–Crippen LogP) is 6.59. The van der Waals surface area contributed by atoms with Gasteiger partial charge in [0.1, 0.15) is 35.1 Å². The topological polar surface area (TPSA) is 187 Å². The van der Waals surface area contributed by atoms with Gasteiger partial charge in [0.2, 0.25) is 17.7 Å². The second kappa shape index (κ2) is 20.6. The fourth-order valence-electron chi connectivity index (χ4n) is 7.91. The Morgan fingerprint density at radius 1 is 1.20 bits per heavy atom. The number of rotatable bonds is 14. The molecule has 4 N–H and O–H groups in total. The van der Waals surface area contributed by atoms with Crippen LogP contribution in [0.1, 0.15) is 92.1 Å². The lowest BCUT2D eigenvalue weighted by atomic mass is 9.83. The van der Waals surface area contributed by atoms with Gasteiger partial charge in [-0.15, -0.1) is 0 Å². The van der Waals surface area contributed by atoms with Crippen molar-refractivity contribution < 1.29 is 48.0 Å². The van der Waals surface area contributed by atoms with Crippen molar-refractivity contribution in [3.8, 4) is 5.75 Å². The zero-order chi connectivity index (χ0) is 44.7. The molecule has 1 unspecified atom stereocenters. The number of ether oxygens (including phenoxy) is 4. The van der Waals surface area contributed by atoms with Crippen molar-refractivity contribution >= 4 is 68.7 Å². The standard InChI is InChI=1S/C43H63ClN4O10S2/c1-25-13-11-14-33(56-10)43(54)24-32(57-40(53)46-43)26(2)29-23-42(29,6)34(22-37(51)48(8)30-20-28(19-25)21-31(55-9)38(30)44)58-39(52)27(3)47(7)36(50)16-17-41(4,5)60-59-18-12-15-35(45)49/h11,13-14,20-21,26-27,29,32-34,54H,12,15-19,22-24H2,1-10H3,(H2,45,49)(H,46,53)/b14-11+,25-13+/t26-,27-,29-,32-,33+,34-,42?,43-/m0/s1. The Bertz CT molecular complexity index is 1830. The third kappa shape index (κ3) is 12.4. The molecule has 60 heavy (non-hydrogen) atoms. The lowest BCUT2D eigenvalue weighted by Gasteiger charge is -2.42. The summed E-state index contributed by atoms with van der Waals surface area (Å²) in [6.07, 6.45) is 4.50. The predicted molar refractivity (Wildman–Crippen MR) is 236 cm³/mol. The van der Waals surface area contributed by atoms with E-state index in [9.17, 15) is 29.1 Å². The molecule has 17 heteroatoms.